The topological polar surface area (TPSA) is 26.3 Å². The van der Waals surface area contributed by atoms with Crippen LogP contribution < -0.4 is 0 Å². The minimum Gasteiger partial charge on any atom is -0.460 e. The zero-order valence-corrected chi connectivity index (χ0v) is 10.8. The largest absolute Gasteiger partial charge is 0.460 e. The highest BCUT2D eigenvalue weighted by molar-refractivity contribution is 5.87. The van der Waals surface area contributed by atoms with Crippen molar-refractivity contribution in [2.45, 2.75) is 26.9 Å². The minimum atomic E-state index is -0.315. The normalized spacial score (nSPS) is 8.94. The average molecular weight is 232 g/mol. The van der Waals surface area contributed by atoms with Crippen molar-refractivity contribution in [3.8, 4) is 0 Å². The summed E-state index contributed by atoms with van der Waals surface area (Å²) in [4.78, 5) is 10.6. The molecule has 0 aliphatic heterocycles. The molecule has 17 heavy (non-hydrogen) atoms. The molecule has 0 atom stereocenters. The van der Waals surface area contributed by atoms with E-state index in [9.17, 15) is 4.79 Å². The van der Waals surface area contributed by atoms with Crippen molar-refractivity contribution in [1.29, 1.82) is 0 Å². The Balaban J connectivity index is 0.000000302. The van der Waals surface area contributed by atoms with Crippen LogP contribution in [-0.4, -0.2) is 12.1 Å². The van der Waals surface area contributed by atoms with Crippen molar-refractivity contribution >= 4 is 12.0 Å². The fourth-order valence-corrected chi connectivity index (χ4v) is 0.904. The van der Waals surface area contributed by atoms with Gasteiger partial charge in [-0.25, -0.2) is 4.79 Å². The van der Waals surface area contributed by atoms with Crippen molar-refractivity contribution in [2.75, 3.05) is 0 Å². The lowest BCUT2D eigenvalue weighted by Crippen LogP contribution is -2.11. The number of rotatable bonds is 3. The molecule has 2 heteroatoms. The highest BCUT2D eigenvalue weighted by Crippen LogP contribution is 1.97. The number of ether oxygens (including phenoxy) is 1. The van der Waals surface area contributed by atoms with Crippen LogP contribution in [0.2, 0.25) is 0 Å². The number of hydrogen-bond donors (Lipinski definition) is 0. The lowest BCUT2D eigenvalue weighted by molar-refractivity contribution is -0.142. The van der Waals surface area contributed by atoms with Crippen LogP contribution in [0.4, 0.5) is 0 Å². The van der Waals surface area contributed by atoms with Crippen LogP contribution in [0.3, 0.4) is 0 Å². The molecule has 0 fully saturated rings. The summed E-state index contributed by atoms with van der Waals surface area (Å²) < 4.78 is 4.77. The van der Waals surface area contributed by atoms with Gasteiger partial charge in [-0.3, -0.25) is 0 Å². The molecule has 1 aromatic carbocycles. The van der Waals surface area contributed by atoms with Gasteiger partial charge in [0.2, 0.25) is 0 Å². The van der Waals surface area contributed by atoms with Gasteiger partial charge in [0.25, 0.3) is 0 Å². The van der Waals surface area contributed by atoms with Gasteiger partial charge in [0.15, 0.2) is 0 Å². The summed E-state index contributed by atoms with van der Waals surface area (Å²) in [6.07, 6.45) is 1.79. The molecule has 0 bridgehead atoms. The number of carbonyl (C=O) groups excluding carboxylic acids is 1. The highest BCUT2D eigenvalue weighted by Gasteiger charge is 2.03. The van der Waals surface area contributed by atoms with Crippen molar-refractivity contribution in [2.24, 2.45) is 0 Å². The number of carbonyl (C=O) groups is 1. The Labute approximate surface area is 104 Å². The molecule has 1 aromatic rings. The van der Waals surface area contributed by atoms with Gasteiger partial charge in [-0.1, -0.05) is 49.6 Å². The molecule has 0 aliphatic carbocycles. The summed E-state index contributed by atoms with van der Waals surface area (Å²) in [7, 11) is 0. The van der Waals surface area contributed by atoms with Gasteiger partial charge >= 0.3 is 5.97 Å². The summed E-state index contributed by atoms with van der Waals surface area (Å²) in [5.74, 6) is -0.315. The maximum atomic E-state index is 10.6. The summed E-state index contributed by atoms with van der Waals surface area (Å²) in [6, 6.07) is 10.0. The van der Waals surface area contributed by atoms with Gasteiger partial charge in [0.05, 0.1) is 6.10 Å². The van der Waals surface area contributed by atoms with Crippen LogP contribution in [0, 0.1) is 0 Å². The van der Waals surface area contributed by atoms with Gasteiger partial charge in [-0.05, 0) is 26.3 Å². The molecule has 0 saturated carbocycles. The van der Waals surface area contributed by atoms with Gasteiger partial charge in [-0.2, -0.15) is 0 Å². The van der Waals surface area contributed by atoms with Crippen LogP contribution in [-0.2, 0) is 9.53 Å². The Hall–Kier alpha value is -1.83. The third kappa shape index (κ3) is 8.03. The maximum Gasteiger partial charge on any atom is 0.333 e. The number of hydrogen-bond acceptors (Lipinski definition) is 2. The second-order valence-corrected chi connectivity index (χ2v) is 3.85. The Bertz CT molecular complexity index is 364. The van der Waals surface area contributed by atoms with Crippen molar-refractivity contribution in [3.63, 3.8) is 0 Å². The van der Waals surface area contributed by atoms with E-state index in [0.717, 1.165) is 0 Å². The van der Waals surface area contributed by atoms with E-state index in [4.69, 9.17) is 4.74 Å². The SMILES string of the molecule is C=C(C)C(=O)OC(C)C.C=Cc1ccccc1. The van der Waals surface area contributed by atoms with Crippen molar-refractivity contribution in [3.05, 3.63) is 54.6 Å². The molecule has 1 rings (SSSR count). The van der Waals surface area contributed by atoms with Crippen LogP contribution in [0.5, 0.6) is 0 Å². The summed E-state index contributed by atoms with van der Waals surface area (Å²) in [6.45, 7) is 12.3. The van der Waals surface area contributed by atoms with E-state index < -0.39 is 0 Å². The molecular formula is C15H20O2. The fourth-order valence-electron chi connectivity index (χ4n) is 0.904. The summed E-state index contributed by atoms with van der Waals surface area (Å²) in [5, 5.41) is 0. The monoisotopic (exact) mass is 232 g/mol. The minimum absolute atomic E-state index is 0.0470. The lowest BCUT2D eigenvalue weighted by atomic mass is 10.2. The molecule has 0 saturated heterocycles. The predicted molar refractivity (Wildman–Crippen MR) is 72.6 cm³/mol. The van der Waals surface area contributed by atoms with E-state index in [1.165, 1.54) is 5.56 Å². The molecule has 0 spiro atoms. The molecule has 0 aromatic heterocycles. The standard InChI is InChI=1S/C8H8.C7H12O2/c1-2-8-6-4-3-5-7-8;1-5(2)7(8)9-6(3)4/h2-7H,1H2;6H,1H2,2-4H3. The first-order valence-corrected chi connectivity index (χ1v) is 5.51. The van der Waals surface area contributed by atoms with Crippen molar-refractivity contribution < 1.29 is 9.53 Å². The van der Waals surface area contributed by atoms with E-state index >= 15 is 0 Å². The molecule has 2 nitrogen and oxygen atoms in total. The summed E-state index contributed by atoms with van der Waals surface area (Å²) in [5.41, 5.74) is 1.62. The fraction of sp³-hybridized carbons (Fsp3) is 0.267. The first-order chi connectivity index (χ1) is 7.97. The summed E-state index contributed by atoms with van der Waals surface area (Å²) >= 11 is 0. The quantitative estimate of drug-likeness (QED) is 0.584. The van der Waals surface area contributed by atoms with Gasteiger partial charge < -0.3 is 4.74 Å². The number of benzene rings is 1. The third-order valence-electron chi connectivity index (χ3n) is 1.73. The van der Waals surface area contributed by atoms with E-state index in [0.29, 0.717) is 5.57 Å². The highest BCUT2D eigenvalue weighted by atomic mass is 16.5. The van der Waals surface area contributed by atoms with E-state index in [1.54, 1.807) is 20.8 Å². The molecule has 0 amide bonds. The second kappa shape index (κ2) is 8.34. The van der Waals surface area contributed by atoms with Crippen LogP contribution in [0.15, 0.2) is 49.1 Å². The molecule has 0 heterocycles. The Kier molecular flexibility index (Phi) is 7.44. The smallest absolute Gasteiger partial charge is 0.333 e. The molecule has 0 unspecified atom stereocenters. The zero-order valence-electron chi connectivity index (χ0n) is 10.8. The molecule has 0 N–H and O–H groups in total. The van der Waals surface area contributed by atoms with Crippen molar-refractivity contribution in [1.82, 2.24) is 0 Å². The second-order valence-electron chi connectivity index (χ2n) is 3.85. The van der Waals surface area contributed by atoms with Crippen LogP contribution in [0.1, 0.15) is 26.3 Å². The molecule has 0 aliphatic rings. The molecular weight excluding hydrogens is 212 g/mol. The zero-order chi connectivity index (χ0) is 13.3. The Morgan fingerprint density at radius 2 is 1.82 bits per heavy atom. The predicted octanol–water partition coefficient (Wildman–Crippen LogP) is 3.84. The van der Waals surface area contributed by atoms with Gasteiger partial charge in [0, 0.05) is 5.57 Å². The Morgan fingerprint density at radius 1 is 1.29 bits per heavy atom. The molecule has 92 valence electrons. The Morgan fingerprint density at radius 3 is 2.06 bits per heavy atom. The number of esters is 1. The first-order valence-electron chi connectivity index (χ1n) is 5.51. The maximum absolute atomic E-state index is 10.6. The van der Waals surface area contributed by atoms with Gasteiger partial charge in [0.1, 0.15) is 0 Å². The van der Waals surface area contributed by atoms with Crippen LogP contribution >= 0.6 is 0 Å². The average Bonchev–Trinajstić information content (AvgIpc) is 2.30. The first kappa shape index (κ1) is 15.2. The van der Waals surface area contributed by atoms with Gasteiger partial charge in [-0.15, -0.1) is 0 Å². The van der Waals surface area contributed by atoms with E-state index in [2.05, 4.69) is 13.2 Å². The third-order valence-corrected chi connectivity index (χ3v) is 1.73. The van der Waals surface area contributed by atoms with E-state index in [-0.39, 0.29) is 12.1 Å². The molecule has 0 radical (unpaired) electrons. The van der Waals surface area contributed by atoms with Crippen LogP contribution in [0.25, 0.3) is 6.08 Å². The lowest BCUT2D eigenvalue weighted by Gasteiger charge is -2.05. The van der Waals surface area contributed by atoms with E-state index in [1.807, 2.05) is 36.4 Å².